The van der Waals surface area contributed by atoms with Crippen LogP contribution in [0.1, 0.15) is 61.0 Å². The number of carbonyl (C=O) groups excluding carboxylic acids is 2. The molecule has 2 aromatic rings. The Morgan fingerprint density at radius 2 is 1.65 bits per heavy atom. The molecule has 2 amide bonds. The Bertz CT molecular complexity index is 1260. The molecule has 0 bridgehead atoms. The van der Waals surface area contributed by atoms with Crippen molar-refractivity contribution in [3.63, 3.8) is 0 Å². The first-order valence-corrected chi connectivity index (χ1v) is 14.9. The fourth-order valence-corrected chi connectivity index (χ4v) is 6.34. The zero-order chi connectivity index (χ0) is 29.5. The molecular weight excluding hydrogens is 550 g/mol. The number of piperidine rings is 1. The highest BCUT2D eigenvalue weighted by Gasteiger charge is 2.34. The first kappa shape index (κ1) is 31.5. The van der Waals surface area contributed by atoms with Crippen molar-refractivity contribution >= 4 is 21.8 Å². The summed E-state index contributed by atoms with van der Waals surface area (Å²) in [6.45, 7) is 3.98. The lowest BCUT2D eigenvalue weighted by molar-refractivity contribution is -0.137. The number of likely N-dealkylation sites (tertiary alicyclic amines) is 1. The van der Waals surface area contributed by atoms with Crippen LogP contribution >= 0.6 is 0 Å². The second kappa shape index (κ2) is 13.6. The van der Waals surface area contributed by atoms with Gasteiger partial charge in [0, 0.05) is 37.8 Å². The summed E-state index contributed by atoms with van der Waals surface area (Å²) in [5.41, 5.74) is -0.307. The maximum Gasteiger partial charge on any atom is 0.416 e. The van der Waals surface area contributed by atoms with Gasteiger partial charge in [0.2, 0.25) is 15.9 Å². The second-order valence-electron chi connectivity index (χ2n) is 9.90. The van der Waals surface area contributed by atoms with Crippen LogP contribution in [0.2, 0.25) is 0 Å². The van der Waals surface area contributed by atoms with Crippen LogP contribution in [0.15, 0.2) is 48.5 Å². The van der Waals surface area contributed by atoms with Crippen molar-refractivity contribution < 1.29 is 35.6 Å². The van der Waals surface area contributed by atoms with Crippen LogP contribution < -0.4 is 0 Å². The normalized spacial score (nSPS) is 14.9. The zero-order valence-electron chi connectivity index (χ0n) is 22.7. The topological polar surface area (TPSA) is 78.0 Å². The number of hydrogen-bond donors (Lipinski definition) is 0. The van der Waals surface area contributed by atoms with Crippen molar-refractivity contribution in [2.24, 2.45) is 0 Å². The van der Waals surface area contributed by atoms with Crippen molar-refractivity contribution in [1.29, 1.82) is 0 Å². The Kier molecular flexibility index (Phi) is 10.7. The molecule has 0 atom stereocenters. The van der Waals surface area contributed by atoms with Crippen molar-refractivity contribution in [2.75, 3.05) is 31.9 Å². The van der Waals surface area contributed by atoms with E-state index in [-0.39, 0.29) is 50.1 Å². The van der Waals surface area contributed by atoms with E-state index < -0.39 is 39.4 Å². The maximum atomic E-state index is 13.6. The standard InChI is InChI=1S/C28H35F4N3O4S/c1-3-14-34(40(38,39)17-4-2)20-26(36)35(19-21-8-10-24(29)11-9-21)25-12-15-33(16-13-25)27(37)22-6-5-7-23(18-22)28(30,31)32/h5-11,18,25H,3-4,12-17,19-20H2,1-2H3. The SMILES string of the molecule is CCCN(CC(=O)N(Cc1ccc(F)cc1)C1CCN(C(=O)c2cccc(C(F)(F)F)c2)CC1)S(=O)(=O)CCC. The molecule has 1 aliphatic heterocycles. The predicted octanol–water partition coefficient (Wildman–Crippen LogP) is 4.93. The van der Waals surface area contributed by atoms with Gasteiger partial charge < -0.3 is 9.80 Å². The predicted molar refractivity (Wildman–Crippen MR) is 143 cm³/mol. The van der Waals surface area contributed by atoms with Crippen molar-refractivity contribution in [3.05, 3.63) is 71.0 Å². The number of sulfonamides is 1. The van der Waals surface area contributed by atoms with E-state index in [0.717, 1.165) is 12.1 Å². The van der Waals surface area contributed by atoms with Gasteiger partial charge in [-0.05, 0) is 61.6 Å². The number of nitrogens with zero attached hydrogens (tertiary/aromatic N) is 3. The van der Waals surface area contributed by atoms with Crippen LogP contribution in [0, 0.1) is 5.82 Å². The van der Waals surface area contributed by atoms with Crippen LogP contribution in [0.3, 0.4) is 0 Å². The molecule has 1 saturated heterocycles. The van der Waals surface area contributed by atoms with Gasteiger partial charge in [0.25, 0.3) is 5.91 Å². The highest BCUT2D eigenvalue weighted by molar-refractivity contribution is 7.89. The Hall–Kier alpha value is -2.99. The summed E-state index contributed by atoms with van der Waals surface area (Å²) >= 11 is 0. The molecular formula is C28H35F4N3O4S. The van der Waals surface area contributed by atoms with Crippen LogP contribution in [0.5, 0.6) is 0 Å². The highest BCUT2D eigenvalue weighted by Crippen LogP contribution is 2.30. The molecule has 2 aromatic carbocycles. The van der Waals surface area contributed by atoms with Crippen LogP contribution in [0.25, 0.3) is 0 Å². The summed E-state index contributed by atoms with van der Waals surface area (Å²) < 4.78 is 79.6. The molecule has 0 radical (unpaired) electrons. The molecule has 0 aromatic heterocycles. The molecule has 7 nitrogen and oxygen atoms in total. The molecule has 40 heavy (non-hydrogen) atoms. The third kappa shape index (κ3) is 8.26. The van der Waals surface area contributed by atoms with Crippen molar-refractivity contribution in [2.45, 2.75) is 58.3 Å². The minimum absolute atomic E-state index is 0.0659. The highest BCUT2D eigenvalue weighted by atomic mass is 32.2. The molecule has 0 unspecified atom stereocenters. The smallest absolute Gasteiger partial charge is 0.338 e. The number of carbonyl (C=O) groups is 2. The number of alkyl halides is 3. The van der Waals surface area contributed by atoms with Crippen LogP contribution in [-0.2, 0) is 27.5 Å². The third-order valence-electron chi connectivity index (χ3n) is 6.86. The number of benzene rings is 2. The van der Waals surface area contributed by atoms with Gasteiger partial charge in [0.05, 0.1) is 17.9 Å². The summed E-state index contributed by atoms with van der Waals surface area (Å²) in [4.78, 5) is 29.6. The Labute approximate surface area is 232 Å². The summed E-state index contributed by atoms with van der Waals surface area (Å²) in [5, 5.41) is 0. The largest absolute Gasteiger partial charge is 0.416 e. The van der Waals surface area contributed by atoms with E-state index in [0.29, 0.717) is 31.2 Å². The van der Waals surface area contributed by atoms with Gasteiger partial charge in [-0.25, -0.2) is 12.8 Å². The number of amides is 2. The fraction of sp³-hybridized carbons (Fsp3) is 0.500. The van der Waals surface area contributed by atoms with Gasteiger partial charge in [-0.2, -0.15) is 17.5 Å². The van der Waals surface area contributed by atoms with Crippen LogP contribution in [-0.4, -0.2) is 72.3 Å². The molecule has 0 spiro atoms. The monoisotopic (exact) mass is 585 g/mol. The average molecular weight is 586 g/mol. The summed E-state index contributed by atoms with van der Waals surface area (Å²) in [6.07, 6.45) is -2.92. The summed E-state index contributed by atoms with van der Waals surface area (Å²) in [5.74, 6) is -1.43. The van der Waals surface area contributed by atoms with Crippen molar-refractivity contribution in [1.82, 2.24) is 14.1 Å². The first-order valence-electron chi connectivity index (χ1n) is 13.3. The minimum Gasteiger partial charge on any atom is -0.338 e. The van der Waals surface area contributed by atoms with Gasteiger partial charge in [-0.15, -0.1) is 0 Å². The van der Waals surface area contributed by atoms with Crippen molar-refractivity contribution in [3.8, 4) is 0 Å². The molecule has 1 heterocycles. The van der Waals surface area contributed by atoms with E-state index in [2.05, 4.69) is 0 Å². The number of hydrogen-bond acceptors (Lipinski definition) is 4. The molecule has 12 heteroatoms. The fourth-order valence-electron chi connectivity index (χ4n) is 4.79. The number of rotatable bonds is 11. The lowest BCUT2D eigenvalue weighted by atomic mass is 10.0. The molecule has 1 aliphatic rings. The zero-order valence-corrected chi connectivity index (χ0v) is 23.5. The molecule has 0 saturated carbocycles. The van der Waals surface area contributed by atoms with Gasteiger partial charge in [-0.1, -0.05) is 32.0 Å². The maximum absolute atomic E-state index is 13.6. The molecule has 0 N–H and O–H groups in total. The summed E-state index contributed by atoms with van der Waals surface area (Å²) in [7, 11) is -3.63. The molecule has 0 aliphatic carbocycles. The van der Waals surface area contributed by atoms with Gasteiger partial charge in [0.1, 0.15) is 5.82 Å². The lowest BCUT2D eigenvalue weighted by Crippen LogP contribution is -2.51. The van der Waals surface area contributed by atoms with E-state index in [1.165, 1.54) is 33.5 Å². The quantitative estimate of drug-likeness (QED) is 0.351. The molecule has 3 rings (SSSR count). The van der Waals surface area contributed by atoms with E-state index >= 15 is 0 Å². The van der Waals surface area contributed by atoms with E-state index in [1.807, 2.05) is 6.92 Å². The van der Waals surface area contributed by atoms with Gasteiger partial charge >= 0.3 is 6.18 Å². The molecule has 220 valence electrons. The second-order valence-corrected chi connectivity index (χ2v) is 12.0. The van der Waals surface area contributed by atoms with E-state index in [1.54, 1.807) is 24.0 Å². The van der Waals surface area contributed by atoms with E-state index in [4.69, 9.17) is 0 Å². The Balaban J connectivity index is 1.78. The Morgan fingerprint density at radius 1 is 1.00 bits per heavy atom. The lowest BCUT2D eigenvalue weighted by Gasteiger charge is -2.39. The van der Waals surface area contributed by atoms with Crippen LogP contribution in [0.4, 0.5) is 17.6 Å². The first-order chi connectivity index (χ1) is 18.9. The Morgan fingerprint density at radius 3 is 2.23 bits per heavy atom. The van der Waals surface area contributed by atoms with E-state index in [9.17, 15) is 35.6 Å². The third-order valence-corrected chi connectivity index (χ3v) is 8.88. The summed E-state index contributed by atoms with van der Waals surface area (Å²) in [6, 6.07) is 9.60. The number of halogens is 4. The molecule has 1 fully saturated rings. The van der Waals surface area contributed by atoms with Gasteiger partial charge in [-0.3, -0.25) is 9.59 Å². The van der Waals surface area contributed by atoms with Gasteiger partial charge in [0.15, 0.2) is 0 Å². The average Bonchev–Trinajstić information content (AvgIpc) is 2.91. The minimum atomic E-state index is -4.57.